The van der Waals surface area contributed by atoms with Crippen LogP contribution in [0.2, 0.25) is 0 Å². The van der Waals surface area contributed by atoms with Gasteiger partial charge in [0.15, 0.2) is 17.2 Å². The largest absolute Gasteiger partial charge is 0.456 e. The van der Waals surface area contributed by atoms with E-state index in [4.69, 9.17) is 18.8 Å². The summed E-state index contributed by atoms with van der Waals surface area (Å²) in [6, 6.07) is 48.6. The average molecular weight is 656 g/mol. The summed E-state index contributed by atoms with van der Waals surface area (Å²) < 4.78 is 15.2. The first-order valence-corrected chi connectivity index (χ1v) is 17.3. The number of para-hydroxylation sites is 3. The molecule has 0 atom stereocenters. The van der Waals surface area contributed by atoms with Crippen molar-refractivity contribution in [2.75, 3.05) is 0 Å². The molecule has 5 heteroatoms. The van der Waals surface area contributed by atoms with Gasteiger partial charge in [0.05, 0.1) is 11.0 Å². The molecule has 0 saturated heterocycles. The maximum absolute atomic E-state index is 6.72. The van der Waals surface area contributed by atoms with Gasteiger partial charge in [-0.05, 0) is 84.0 Å². The van der Waals surface area contributed by atoms with Gasteiger partial charge in [-0.2, -0.15) is 0 Å². The molecule has 240 valence electrons. The summed E-state index contributed by atoms with van der Waals surface area (Å²) in [7, 11) is 0. The molecule has 0 saturated carbocycles. The Morgan fingerprint density at radius 3 is 2.00 bits per heavy atom. The number of fused-ring (bicyclic) bond motifs is 11. The van der Waals surface area contributed by atoms with Crippen molar-refractivity contribution in [1.82, 2.24) is 14.5 Å². The van der Waals surface area contributed by atoms with E-state index in [-0.39, 0.29) is 0 Å². The maximum Gasteiger partial charge on any atom is 0.197 e. The van der Waals surface area contributed by atoms with E-state index in [1.807, 2.05) is 42.5 Å². The second-order valence-corrected chi connectivity index (χ2v) is 13.4. The maximum atomic E-state index is 6.72. The Bertz CT molecular complexity index is 3230. The molecule has 0 radical (unpaired) electrons. The normalized spacial score (nSPS) is 12.1. The zero-order valence-corrected chi connectivity index (χ0v) is 27.9. The predicted octanol–water partition coefficient (Wildman–Crippen LogP) is 12.5. The second kappa shape index (κ2) is 10.4. The van der Waals surface area contributed by atoms with Crippen molar-refractivity contribution < 1.29 is 8.83 Å². The number of hydrogen-bond acceptors (Lipinski definition) is 4. The minimum atomic E-state index is 0.623. The predicted molar refractivity (Wildman–Crippen MR) is 209 cm³/mol. The van der Waals surface area contributed by atoms with Crippen LogP contribution in [0, 0.1) is 13.8 Å². The number of hydrogen-bond donors (Lipinski definition) is 0. The van der Waals surface area contributed by atoms with E-state index in [1.165, 1.54) is 33.0 Å². The van der Waals surface area contributed by atoms with E-state index in [0.29, 0.717) is 17.2 Å². The number of rotatable bonds is 3. The van der Waals surface area contributed by atoms with Gasteiger partial charge in [-0.1, -0.05) is 97.1 Å². The lowest BCUT2D eigenvalue weighted by Gasteiger charge is -2.17. The molecule has 5 nitrogen and oxygen atoms in total. The van der Waals surface area contributed by atoms with Crippen LogP contribution in [0.25, 0.3) is 105 Å². The van der Waals surface area contributed by atoms with Crippen LogP contribution in [0.3, 0.4) is 0 Å². The van der Waals surface area contributed by atoms with Crippen molar-refractivity contribution in [3.63, 3.8) is 0 Å². The number of furan rings is 2. The Kier molecular flexibility index (Phi) is 5.74. The fourth-order valence-electron chi connectivity index (χ4n) is 8.22. The molecule has 0 unspecified atom stereocenters. The summed E-state index contributed by atoms with van der Waals surface area (Å²) in [6.45, 7) is 4.45. The zero-order valence-electron chi connectivity index (χ0n) is 27.9. The van der Waals surface area contributed by atoms with Crippen LogP contribution in [-0.2, 0) is 0 Å². The van der Waals surface area contributed by atoms with Crippen LogP contribution in [0.5, 0.6) is 0 Å². The second-order valence-electron chi connectivity index (χ2n) is 13.4. The first-order valence-electron chi connectivity index (χ1n) is 17.3. The van der Waals surface area contributed by atoms with Crippen LogP contribution in [0.4, 0.5) is 0 Å². The lowest BCUT2D eigenvalue weighted by Crippen LogP contribution is -2.02. The van der Waals surface area contributed by atoms with Gasteiger partial charge in [0.1, 0.15) is 22.3 Å². The Morgan fingerprint density at radius 1 is 0.529 bits per heavy atom. The highest BCUT2D eigenvalue weighted by atomic mass is 16.3. The molecule has 0 amide bonds. The third kappa shape index (κ3) is 3.91. The van der Waals surface area contributed by atoms with Gasteiger partial charge in [-0.15, -0.1) is 0 Å². The first-order chi connectivity index (χ1) is 25.1. The van der Waals surface area contributed by atoms with E-state index >= 15 is 0 Å². The molecule has 4 aromatic heterocycles. The molecule has 0 fully saturated rings. The molecule has 0 aliphatic heterocycles. The van der Waals surface area contributed by atoms with Crippen LogP contribution < -0.4 is 0 Å². The summed E-state index contributed by atoms with van der Waals surface area (Å²) in [6.07, 6.45) is 0. The van der Waals surface area contributed by atoms with Gasteiger partial charge in [-0.3, -0.25) is 4.57 Å². The van der Waals surface area contributed by atoms with Gasteiger partial charge < -0.3 is 8.83 Å². The highest BCUT2D eigenvalue weighted by Gasteiger charge is 2.26. The summed E-state index contributed by atoms with van der Waals surface area (Å²) in [4.78, 5) is 10.7. The van der Waals surface area contributed by atoms with Gasteiger partial charge in [0.25, 0.3) is 0 Å². The monoisotopic (exact) mass is 655 g/mol. The lowest BCUT2D eigenvalue weighted by molar-refractivity contribution is 0.662. The van der Waals surface area contributed by atoms with Gasteiger partial charge in [0.2, 0.25) is 0 Å². The fourth-order valence-corrected chi connectivity index (χ4v) is 8.22. The highest BCUT2D eigenvalue weighted by Crippen LogP contribution is 2.47. The standard InChI is InChI=1S/C46H29N3O2/c1-26-13-3-4-14-29(26)40-27(2)30-15-5-6-17-32(30)43-41(40)33-18-7-10-20-36(33)49(43)46-44-42(34-19-9-12-22-38(34)51-44)47-45(48-46)28-23-24-39-35(25-28)31-16-8-11-21-37(31)50-39/h3-25H,1-2H3. The molecule has 0 aliphatic carbocycles. The quantitative estimate of drug-likeness (QED) is 0.190. The molecule has 4 heterocycles. The van der Waals surface area contributed by atoms with Crippen molar-refractivity contribution in [3.05, 3.63) is 151 Å². The van der Waals surface area contributed by atoms with Crippen molar-refractivity contribution in [1.29, 1.82) is 0 Å². The molecule has 11 aromatic rings. The lowest BCUT2D eigenvalue weighted by atomic mass is 9.88. The van der Waals surface area contributed by atoms with E-state index in [1.54, 1.807) is 0 Å². The van der Waals surface area contributed by atoms with E-state index < -0.39 is 0 Å². The van der Waals surface area contributed by atoms with Crippen molar-refractivity contribution >= 4 is 76.6 Å². The van der Waals surface area contributed by atoms with E-state index in [9.17, 15) is 0 Å². The van der Waals surface area contributed by atoms with Gasteiger partial charge >= 0.3 is 0 Å². The summed E-state index contributed by atoms with van der Waals surface area (Å²) in [5.74, 6) is 1.33. The topological polar surface area (TPSA) is 57.0 Å². The van der Waals surface area contributed by atoms with E-state index in [0.717, 1.165) is 65.8 Å². The van der Waals surface area contributed by atoms with Crippen LogP contribution in [0.15, 0.2) is 148 Å². The van der Waals surface area contributed by atoms with Crippen molar-refractivity contribution in [2.45, 2.75) is 13.8 Å². The van der Waals surface area contributed by atoms with Crippen LogP contribution in [-0.4, -0.2) is 14.5 Å². The molecule has 7 aromatic carbocycles. The number of aryl methyl sites for hydroxylation is 2. The van der Waals surface area contributed by atoms with E-state index in [2.05, 4.69) is 115 Å². The minimum absolute atomic E-state index is 0.623. The third-order valence-electron chi connectivity index (χ3n) is 10.5. The Labute approximate surface area is 292 Å². The van der Waals surface area contributed by atoms with Gasteiger partial charge in [0, 0.05) is 37.9 Å². The Balaban J connectivity index is 1.33. The summed E-state index contributed by atoms with van der Waals surface area (Å²) >= 11 is 0. The fraction of sp³-hybridized carbons (Fsp3) is 0.0435. The van der Waals surface area contributed by atoms with Crippen LogP contribution in [0.1, 0.15) is 11.1 Å². The molecule has 0 aliphatic rings. The average Bonchev–Trinajstić information content (AvgIpc) is 3.85. The molecule has 0 bridgehead atoms. The van der Waals surface area contributed by atoms with Crippen molar-refractivity contribution in [3.8, 4) is 28.3 Å². The smallest absolute Gasteiger partial charge is 0.197 e. The molecular formula is C46H29N3O2. The third-order valence-corrected chi connectivity index (χ3v) is 10.5. The Hall–Kier alpha value is -6.72. The molecule has 51 heavy (non-hydrogen) atoms. The van der Waals surface area contributed by atoms with Gasteiger partial charge in [-0.25, -0.2) is 9.97 Å². The number of benzene rings is 7. The Morgan fingerprint density at radius 2 is 1.18 bits per heavy atom. The first kappa shape index (κ1) is 28.2. The van der Waals surface area contributed by atoms with Crippen LogP contribution >= 0.6 is 0 Å². The molecular weight excluding hydrogens is 627 g/mol. The molecule has 0 N–H and O–H groups in total. The SMILES string of the molecule is Cc1ccccc1-c1c(C)c2ccccc2c2c1c1ccccc1n2-c1nc(-c2ccc3oc4ccccc4c3c2)nc2c1oc1ccccc12. The highest BCUT2D eigenvalue weighted by molar-refractivity contribution is 6.26. The number of aromatic nitrogens is 3. The number of nitrogens with zero attached hydrogens (tertiary/aromatic N) is 3. The minimum Gasteiger partial charge on any atom is -0.456 e. The summed E-state index contributed by atoms with van der Waals surface area (Å²) in [5, 5.41) is 7.79. The van der Waals surface area contributed by atoms with Crippen molar-refractivity contribution in [2.24, 2.45) is 0 Å². The zero-order chi connectivity index (χ0) is 33.8. The molecule has 0 spiro atoms. The summed E-state index contributed by atoms with van der Waals surface area (Å²) in [5.41, 5.74) is 11.9. The molecule has 11 rings (SSSR count).